The highest BCUT2D eigenvalue weighted by atomic mass is 35.5. The van der Waals surface area contributed by atoms with Crippen molar-refractivity contribution in [3.8, 4) is 0 Å². The van der Waals surface area contributed by atoms with Gasteiger partial charge >= 0.3 is 0 Å². The molecule has 0 saturated heterocycles. The molecule has 1 aromatic carbocycles. The quantitative estimate of drug-likeness (QED) is 0.700. The Morgan fingerprint density at radius 2 is 1.23 bits per heavy atom. The first kappa shape index (κ1) is 10.5. The summed E-state index contributed by atoms with van der Waals surface area (Å²) >= 11 is 11.6. The van der Waals surface area contributed by atoms with E-state index in [1.807, 2.05) is 24.3 Å². The molecule has 0 N–H and O–H groups in total. The van der Waals surface area contributed by atoms with E-state index in [2.05, 4.69) is 10.2 Å². The predicted octanol–water partition coefficient (Wildman–Crippen LogP) is 3.36. The van der Waals surface area contributed by atoms with Crippen LogP contribution in [0.1, 0.15) is 0 Å². The number of nitrogens with zero attached hydrogens (tertiary/aromatic N) is 2. The van der Waals surface area contributed by atoms with E-state index in [1.54, 1.807) is 0 Å². The maximum absolute atomic E-state index is 5.80. The molecule has 1 aromatic heterocycles. The number of hydrogen-bond acceptors (Lipinski definition) is 2. The number of rotatable bonds is 0. The van der Waals surface area contributed by atoms with Crippen molar-refractivity contribution in [2.45, 2.75) is 0 Å². The summed E-state index contributed by atoms with van der Waals surface area (Å²) < 4.78 is 0. The Morgan fingerprint density at radius 3 is 1.62 bits per heavy atom. The Balaban J connectivity index is 0.000000845. The third kappa shape index (κ3) is 1.85. The zero-order valence-corrected chi connectivity index (χ0v) is 8.70. The number of aromatic nitrogens is 2. The second-order valence-electron chi connectivity index (χ2n) is 2.33. The van der Waals surface area contributed by atoms with E-state index < -0.39 is 0 Å². The summed E-state index contributed by atoms with van der Waals surface area (Å²) in [4.78, 5) is 0. The minimum Gasteiger partial charge on any atom is -0.147 e. The van der Waals surface area contributed by atoms with Crippen molar-refractivity contribution in [3.05, 3.63) is 34.6 Å². The maximum atomic E-state index is 5.80. The first-order chi connectivity index (χ1) is 5.79. The lowest BCUT2D eigenvalue weighted by Gasteiger charge is -1.98. The van der Waals surface area contributed by atoms with E-state index in [9.17, 15) is 0 Å². The molecule has 2 nitrogen and oxygen atoms in total. The van der Waals surface area contributed by atoms with Crippen molar-refractivity contribution in [2.75, 3.05) is 0 Å². The van der Waals surface area contributed by atoms with Gasteiger partial charge in [-0.05, 0) is 0 Å². The highest BCUT2D eigenvalue weighted by Crippen LogP contribution is 2.24. The molecule has 0 amide bonds. The third-order valence-corrected chi connectivity index (χ3v) is 2.16. The second-order valence-corrected chi connectivity index (χ2v) is 3.04. The van der Waals surface area contributed by atoms with E-state index in [1.165, 1.54) is 0 Å². The van der Waals surface area contributed by atoms with Gasteiger partial charge in [0.05, 0.1) is 0 Å². The van der Waals surface area contributed by atoms with E-state index in [4.69, 9.17) is 23.2 Å². The van der Waals surface area contributed by atoms with Gasteiger partial charge in [0, 0.05) is 10.8 Å². The van der Waals surface area contributed by atoms with Gasteiger partial charge in [-0.1, -0.05) is 47.5 Å². The van der Waals surface area contributed by atoms with Crippen molar-refractivity contribution in [2.24, 2.45) is 0 Å². The summed E-state index contributed by atoms with van der Waals surface area (Å²) in [6.45, 7) is 0. The molecule has 2 aromatic rings. The topological polar surface area (TPSA) is 25.8 Å². The first-order valence-corrected chi connectivity index (χ1v) is 4.11. The van der Waals surface area contributed by atoms with Crippen molar-refractivity contribution in [1.29, 1.82) is 0 Å². The summed E-state index contributed by atoms with van der Waals surface area (Å²) in [6, 6.07) is 7.48. The van der Waals surface area contributed by atoms with Crippen LogP contribution in [0.2, 0.25) is 10.3 Å². The molecular formula is C8H5Cl3N2. The van der Waals surface area contributed by atoms with Gasteiger partial charge < -0.3 is 0 Å². The van der Waals surface area contributed by atoms with Crippen molar-refractivity contribution in [3.63, 3.8) is 0 Å². The van der Waals surface area contributed by atoms with Crippen LogP contribution in [0, 0.1) is 0 Å². The molecule has 0 unspecified atom stereocenters. The van der Waals surface area contributed by atoms with Crippen molar-refractivity contribution < 1.29 is 0 Å². The summed E-state index contributed by atoms with van der Waals surface area (Å²) in [7, 11) is 0. The molecule has 0 radical (unpaired) electrons. The molecular weight excluding hydrogens is 230 g/mol. The fourth-order valence-electron chi connectivity index (χ4n) is 1.04. The van der Waals surface area contributed by atoms with E-state index in [-0.39, 0.29) is 12.4 Å². The molecule has 1 heterocycles. The lowest BCUT2D eigenvalue weighted by Crippen LogP contribution is -1.85. The largest absolute Gasteiger partial charge is 0.159 e. The smallest absolute Gasteiger partial charge is 0.147 e. The number of fused-ring (bicyclic) bond motifs is 1. The number of hydrogen-bond donors (Lipinski definition) is 0. The minimum atomic E-state index is 0. The van der Waals surface area contributed by atoms with Crippen LogP contribution in [0.25, 0.3) is 10.8 Å². The van der Waals surface area contributed by atoms with E-state index in [0.717, 1.165) is 10.8 Å². The Labute approximate surface area is 91.3 Å². The van der Waals surface area contributed by atoms with Gasteiger partial charge in [-0.25, -0.2) is 0 Å². The lowest BCUT2D eigenvalue weighted by atomic mass is 10.2. The Bertz CT molecular complexity index is 390. The Hall–Kier alpha value is -0.570. The SMILES string of the molecule is Cl.Clc1nnc(Cl)c2ccccc12. The average molecular weight is 236 g/mol. The first-order valence-electron chi connectivity index (χ1n) is 3.35. The standard InChI is InChI=1S/C8H4Cl2N2.ClH/c9-7-5-3-1-2-4-6(5)8(10)12-11-7;/h1-4H;1H. The van der Waals surface area contributed by atoms with Crippen LogP contribution in [0.4, 0.5) is 0 Å². The number of benzene rings is 1. The molecule has 68 valence electrons. The van der Waals surface area contributed by atoms with Gasteiger partial charge in [-0.3, -0.25) is 0 Å². The summed E-state index contributed by atoms with van der Waals surface area (Å²) in [5.74, 6) is 0. The van der Waals surface area contributed by atoms with Crippen LogP contribution in [0.3, 0.4) is 0 Å². The summed E-state index contributed by atoms with van der Waals surface area (Å²) in [6.07, 6.45) is 0. The van der Waals surface area contributed by atoms with Crippen molar-refractivity contribution in [1.82, 2.24) is 10.2 Å². The van der Waals surface area contributed by atoms with Gasteiger partial charge in [0.25, 0.3) is 0 Å². The highest BCUT2D eigenvalue weighted by Gasteiger charge is 2.03. The third-order valence-electron chi connectivity index (χ3n) is 1.60. The number of halogens is 3. The molecule has 13 heavy (non-hydrogen) atoms. The predicted molar refractivity (Wildman–Crippen MR) is 56.8 cm³/mol. The highest BCUT2D eigenvalue weighted by molar-refractivity contribution is 6.38. The summed E-state index contributed by atoms with van der Waals surface area (Å²) in [5, 5.41) is 9.81. The molecule has 0 spiro atoms. The van der Waals surface area contributed by atoms with Crippen LogP contribution in [-0.4, -0.2) is 10.2 Å². The summed E-state index contributed by atoms with van der Waals surface area (Å²) in [5.41, 5.74) is 0. The van der Waals surface area contributed by atoms with Crippen LogP contribution in [0.5, 0.6) is 0 Å². The van der Waals surface area contributed by atoms with E-state index >= 15 is 0 Å². The maximum Gasteiger partial charge on any atom is 0.159 e. The lowest BCUT2D eigenvalue weighted by molar-refractivity contribution is 1.05. The van der Waals surface area contributed by atoms with Crippen LogP contribution in [0.15, 0.2) is 24.3 Å². The van der Waals surface area contributed by atoms with Gasteiger partial charge in [-0.2, -0.15) is 0 Å². The second kappa shape index (κ2) is 4.09. The van der Waals surface area contributed by atoms with Crippen LogP contribution >= 0.6 is 35.6 Å². The molecule has 0 atom stereocenters. The van der Waals surface area contributed by atoms with Crippen LogP contribution < -0.4 is 0 Å². The average Bonchev–Trinajstić information content (AvgIpc) is 2.12. The van der Waals surface area contributed by atoms with Gasteiger partial charge in [0.1, 0.15) is 0 Å². The molecule has 0 bridgehead atoms. The zero-order chi connectivity index (χ0) is 8.55. The Kier molecular flexibility index (Phi) is 3.31. The molecule has 0 fully saturated rings. The monoisotopic (exact) mass is 234 g/mol. The molecule has 0 aliphatic rings. The Morgan fingerprint density at radius 1 is 0.846 bits per heavy atom. The zero-order valence-electron chi connectivity index (χ0n) is 6.37. The van der Waals surface area contributed by atoms with Gasteiger partial charge in [0.15, 0.2) is 10.3 Å². The van der Waals surface area contributed by atoms with Gasteiger partial charge in [-0.15, -0.1) is 22.6 Å². The van der Waals surface area contributed by atoms with Crippen LogP contribution in [-0.2, 0) is 0 Å². The van der Waals surface area contributed by atoms with E-state index in [0.29, 0.717) is 10.3 Å². The molecule has 5 heteroatoms. The minimum absolute atomic E-state index is 0. The molecule has 2 rings (SSSR count). The van der Waals surface area contributed by atoms with Crippen molar-refractivity contribution >= 4 is 46.4 Å². The molecule has 0 aliphatic heterocycles. The van der Waals surface area contributed by atoms with Gasteiger partial charge in [0.2, 0.25) is 0 Å². The molecule has 0 saturated carbocycles. The fraction of sp³-hybridized carbons (Fsp3) is 0. The molecule has 0 aliphatic carbocycles. The normalized spacial score (nSPS) is 9.69. The fourth-order valence-corrected chi connectivity index (χ4v) is 1.44.